The molecule has 0 bridgehead atoms. The third-order valence-corrected chi connectivity index (χ3v) is 8.01. The van der Waals surface area contributed by atoms with Gasteiger partial charge in [0.1, 0.15) is 10.6 Å². The number of pyridine rings is 1. The molecule has 2 heterocycles. The van der Waals surface area contributed by atoms with Gasteiger partial charge in [0.05, 0.1) is 12.0 Å². The molecule has 0 radical (unpaired) electrons. The Hall–Kier alpha value is -3.90. The number of nitrogens with zero attached hydrogens (tertiary/aromatic N) is 1. The van der Waals surface area contributed by atoms with Crippen molar-refractivity contribution in [2.75, 3.05) is 7.11 Å². The van der Waals surface area contributed by atoms with Crippen LogP contribution >= 0.6 is 11.3 Å². The zero-order chi connectivity index (χ0) is 25.6. The van der Waals surface area contributed by atoms with Crippen LogP contribution in [0.15, 0.2) is 83.9 Å². The number of carboxylic acid groups (broad SMARTS) is 1. The third-order valence-electron chi connectivity index (χ3n) is 6.75. The molecule has 0 spiro atoms. The molecule has 5 rings (SSSR count). The molecule has 2 aromatic carbocycles. The second kappa shape index (κ2) is 9.28. The highest BCUT2D eigenvalue weighted by atomic mass is 32.1. The highest BCUT2D eigenvalue weighted by molar-refractivity contribution is 7.19. The summed E-state index contributed by atoms with van der Waals surface area (Å²) in [5.74, 6) is -0.362. The number of carboxylic acids is 1. The van der Waals surface area contributed by atoms with Gasteiger partial charge >= 0.3 is 5.97 Å². The number of aromatic carboxylic acids is 1. The van der Waals surface area contributed by atoms with Crippen molar-refractivity contribution in [1.29, 1.82) is 0 Å². The third kappa shape index (κ3) is 4.18. The lowest BCUT2D eigenvalue weighted by atomic mass is 9.95. The normalized spacial score (nSPS) is 13.8. The van der Waals surface area contributed by atoms with Gasteiger partial charge in [0.2, 0.25) is 0 Å². The smallest absolute Gasteiger partial charge is 0.354 e. The summed E-state index contributed by atoms with van der Waals surface area (Å²) < 4.78 is 6.56. The SMILES string of the molecule is C=C(OC)/C(C)=C\C(=C)c1sc2c(C3CC3)c(Cc3cccc4ccccc34)cc(=O)n2c1C(=O)O. The van der Waals surface area contributed by atoms with E-state index in [2.05, 4.69) is 37.4 Å². The van der Waals surface area contributed by atoms with Gasteiger partial charge in [-0.2, -0.15) is 0 Å². The Morgan fingerprint density at radius 1 is 1.17 bits per heavy atom. The van der Waals surface area contributed by atoms with E-state index in [0.29, 0.717) is 33.4 Å². The molecule has 1 aliphatic carbocycles. The zero-order valence-corrected chi connectivity index (χ0v) is 21.2. The van der Waals surface area contributed by atoms with Crippen LogP contribution in [0.2, 0.25) is 0 Å². The molecule has 1 fully saturated rings. The average molecular weight is 498 g/mol. The molecule has 36 heavy (non-hydrogen) atoms. The lowest BCUT2D eigenvalue weighted by Crippen LogP contribution is -2.20. The van der Waals surface area contributed by atoms with Crippen LogP contribution in [0.25, 0.3) is 21.2 Å². The number of fused-ring (bicyclic) bond motifs is 2. The first-order chi connectivity index (χ1) is 17.3. The number of allylic oxidation sites excluding steroid dienone is 3. The van der Waals surface area contributed by atoms with Crippen molar-refractivity contribution in [2.45, 2.75) is 32.1 Å². The van der Waals surface area contributed by atoms with Crippen molar-refractivity contribution in [3.8, 4) is 0 Å². The first-order valence-corrected chi connectivity index (χ1v) is 12.6. The van der Waals surface area contributed by atoms with Crippen molar-refractivity contribution in [3.63, 3.8) is 0 Å². The summed E-state index contributed by atoms with van der Waals surface area (Å²) in [6.45, 7) is 9.80. The molecule has 2 aromatic heterocycles. The van der Waals surface area contributed by atoms with Crippen molar-refractivity contribution in [3.05, 3.63) is 117 Å². The van der Waals surface area contributed by atoms with Crippen LogP contribution < -0.4 is 5.56 Å². The Balaban J connectivity index is 1.71. The quantitative estimate of drug-likeness (QED) is 0.215. The fourth-order valence-electron chi connectivity index (χ4n) is 4.79. The van der Waals surface area contributed by atoms with E-state index >= 15 is 0 Å². The van der Waals surface area contributed by atoms with Crippen molar-refractivity contribution in [1.82, 2.24) is 4.40 Å². The van der Waals surface area contributed by atoms with E-state index in [1.807, 2.05) is 25.1 Å². The minimum Gasteiger partial charge on any atom is -0.497 e. The van der Waals surface area contributed by atoms with E-state index in [0.717, 1.165) is 45.9 Å². The summed E-state index contributed by atoms with van der Waals surface area (Å²) >= 11 is 1.33. The number of aromatic nitrogens is 1. The van der Waals surface area contributed by atoms with Gasteiger partial charge < -0.3 is 9.84 Å². The van der Waals surface area contributed by atoms with Gasteiger partial charge in [-0.25, -0.2) is 4.79 Å². The fraction of sp³-hybridized carbons (Fsp3) is 0.200. The van der Waals surface area contributed by atoms with Crippen LogP contribution in [0.4, 0.5) is 0 Å². The summed E-state index contributed by atoms with van der Waals surface area (Å²) in [5, 5.41) is 12.4. The van der Waals surface area contributed by atoms with Crippen LogP contribution in [-0.2, 0) is 11.2 Å². The molecule has 0 saturated heterocycles. The lowest BCUT2D eigenvalue weighted by Gasteiger charge is -2.13. The zero-order valence-electron chi connectivity index (χ0n) is 20.3. The van der Waals surface area contributed by atoms with Gasteiger partial charge in [-0.1, -0.05) is 55.6 Å². The second-order valence-corrected chi connectivity index (χ2v) is 10.2. The average Bonchev–Trinajstić information content (AvgIpc) is 3.61. The minimum absolute atomic E-state index is 0.0457. The van der Waals surface area contributed by atoms with E-state index in [1.54, 1.807) is 12.1 Å². The number of ether oxygens (including phenoxy) is 1. The van der Waals surface area contributed by atoms with Crippen LogP contribution in [0, 0.1) is 0 Å². The molecule has 0 unspecified atom stereocenters. The largest absolute Gasteiger partial charge is 0.497 e. The first-order valence-electron chi connectivity index (χ1n) is 11.8. The molecule has 1 saturated carbocycles. The number of hydrogen-bond acceptors (Lipinski definition) is 4. The second-order valence-electron chi connectivity index (χ2n) is 9.22. The maximum Gasteiger partial charge on any atom is 0.354 e. The molecule has 1 aliphatic rings. The Morgan fingerprint density at radius 3 is 2.58 bits per heavy atom. The summed E-state index contributed by atoms with van der Waals surface area (Å²) in [7, 11) is 1.53. The molecular formula is C30H27NO4S. The number of methoxy groups -OCH3 is 1. The maximum absolute atomic E-state index is 13.4. The number of thiazole rings is 1. The molecule has 0 aliphatic heterocycles. The summed E-state index contributed by atoms with van der Waals surface area (Å²) in [6, 6.07) is 16.1. The molecular weight excluding hydrogens is 470 g/mol. The molecule has 6 heteroatoms. The predicted octanol–water partition coefficient (Wildman–Crippen LogP) is 6.80. The predicted molar refractivity (Wildman–Crippen MR) is 146 cm³/mol. The minimum atomic E-state index is -1.15. The maximum atomic E-state index is 13.4. The Morgan fingerprint density at radius 2 is 1.89 bits per heavy atom. The van der Waals surface area contributed by atoms with Crippen LogP contribution in [0.5, 0.6) is 0 Å². The van der Waals surface area contributed by atoms with Gasteiger partial charge in [0, 0.05) is 6.07 Å². The highest BCUT2D eigenvalue weighted by Gasteiger charge is 2.32. The summed E-state index contributed by atoms with van der Waals surface area (Å²) in [4.78, 5) is 27.0. The fourth-order valence-corrected chi connectivity index (χ4v) is 6.13. The number of rotatable bonds is 8. The molecule has 4 aromatic rings. The van der Waals surface area contributed by atoms with Gasteiger partial charge in [-0.15, -0.1) is 11.3 Å². The first kappa shape index (κ1) is 23.8. The van der Waals surface area contributed by atoms with Crippen LogP contribution in [0.3, 0.4) is 0 Å². The number of hydrogen-bond donors (Lipinski definition) is 1. The van der Waals surface area contributed by atoms with Gasteiger partial charge in [-0.3, -0.25) is 9.20 Å². The summed E-state index contributed by atoms with van der Waals surface area (Å²) in [5.41, 5.74) is 4.06. The van der Waals surface area contributed by atoms with Crippen molar-refractivity contribution < 1.29 is 14.6 Å². The standard InChI is InChI=1S/C30H27NO4S/c1-17(19(3)35-4)14-18(2)28-27(30(33)34)31-25(32)16-23(26(21-12-13-21)29(31)36-28)15-22-10-7-9-20-8-5-6-11-24(20)22/h5-11,14,16,21H,2-3,12-13,15H2,1,4H3,(H,33,34)/b17-14-. The number of carbonyl (C=O) groups is 1. The van der Waals surface area contributed by atoms with E-state index in [4.69, 9.17) is 4.74 Å². The lowest BCUT2D eigenvalue weighted by molar-refractivity contribution is 0.0689. The van der Waals surface area contributed by atoms with E-state index < -0.39 is 5.97 Å². The van der Waals surface area contributed by atoms with E-state index in [9.17, 15) is 14.7 Å². The molecule has 5 nitrogen and oxygen atoms in total. The monoisotopic (exact) mass is 497 g/mol. The molecule has 182 valence electrons. The van der Waals surface area contributed by atoms with Gasteiger partial charge in [0.15, 0.2) is 5.69 Å². The molecule has 0 atom stereocenters. The highest BCUT2D eigenvalue weighted by Crippen LogP contribution is 2.46. The Bertz CT molecular complexity index is 1640. The summed E-state index contributed by atoms with van der Waals surface area (Å²) in [6.07, 6.45) is 4.42. The topological polar surface area (TPSA) is 68.0 Å². The Kier molecular flexibility index (Phi) is 6.14. The van der Waals surface area contributed by atoms with Crippen LogP contribution in [-0.4, -0.2) is 22.6 Å². The van der Waals surface area contributed by atoms with E-state index in [1.165, 1.54) is 22.8 Å². The van der Waals surface area contributed by atoms with Gasteiger partial charge in [0.25, 0.3) is 5.56 Å². The molecule has 1 N–H and O–H groups in total. The van der Waals surface area contributed by atoms with Gasteiger partial charge in [-0.05, 0) is 76.8 Å². The van der Waals surface area contributed by atoms with Crippen molar-refractivity contribution >= 4 is 38.5 Å². The van der Waals surface area contributed by atoms with Crippen LogP contribution in [0.1, 0.15) is 57.7 Å². The van der Waals surface area contributed by atoms with Crippen molar-refractivity contribution in [2.24, 2.45) is 0 Å². The Labute approximate surface area is 213 Å². The number of benzene rings is 2. The van der Waals surface area contributed by atoms with E-state index in [-0.39, 0.29) is 11.3 Å². The molecule has 0 amide bonds.